The Balaban J connectivity index is 2.33. The van der Waals surface area contributed by atoms with Crippen molar-refractivity contribution < 1.29 is 9.13 Å². The molecule has 2 aromatic carbocycles. The van der Waals surface area contributed by atoms with E-state index in [4.69, 9.17) is 10.5 Å². The van der Waals surface area contributed by atoms with Gasteiger partial charge in [0, 0.05) is 4.47 Å². The van der Waals surface area contributed by atoms with Gasteiger partial charge in [0.2, 0.25) is 0 Å². The third-order valence-electron chi connectivity index (χ3n) is 2.91. The van der Waals surface area contributed by atoms with Gasteiger partial charge in [0.05, 0.1) is 17.1 Å². The lowest BCUT2D eigenvalue weighted by Crippen LogP contribution is -2.12. The molecule has 0 radical (unpaired) electrons. The van der Waals surface area contributed by atoms with Crippen molar-refractivity contribution in [3.63, 3.8) is 0 Å². The molecule has 0 saturated heterocycles. The van der Waals surface area contributed by atoms with Crippen LogP contribution < -0.4 is 10.5 Å². The summed E-state index contributed by atoms with van der Waals surface area (Å²) < 4.78 is 20.1. The maximum atomic E-state index is 13.1. The van der Waals surface area contributed by atoms with E-state index in [1.165, 1.54) is 12.1 Å². The van der Waals surface area contributed by atoms with Gasteiger partial charge in [0.1, 0.15) is 11.6 Å². The molecule has 0 fully saturated rings. The van der Waals surface area contributed by atoms with E-state index in [1.54, 1.807) is 6.07 Å². The molecule has 106 valence electrons. The fourth-order valence-electron chi connectivity index (χ4n) is 1.92. The lowest BCUT2D eigenvalue weighted by atomic mass is 9.99. The van der Waals surface area contributed by atoms with Crippen molar-refractivity contribution in [2.75, 3.05) is 6.61 Å². The maximum Gasteiger partial charge on any atom is 0.133 e. The predicted molar refractivity (Wildman–Crippen MR) is 85.4 cm³/mol. The number of halogens is 3. The molecule has 2 nitrogen and oxygen atoms in total. The van der Waals surface area contributed by atoms with Crippen LogP contribution in [0.3, 0.4) is 0 Å². The highest BCUT2D eigenvalue weighted by Crippen LogP contribution is 2.32. The third kappa shape index (κ3) is 3.40. The Hall–Kier alpha value is -0.910. The van der Waals surface area contributed by atoms with Crippen LogP contribution in [0, 0.1) is 5.82 Å². The fraction of sp³-hybridized carbons (Fsp3) is 0.200. The van der Waals surface area contributed by atoms with Gasteiger partial charge in [-0.3, -0.25) is 0 Å². The third-order valence-corrected chi connectivity index (χ3v) is 4.22. The molecule has 0 spiro atoms. The summed E-state index contributed by atoms with van der Waals surface area (Å²) in [5.74, 6) is 0.488. The first-order valence-electron chi connectivity index (χ1n) is 6.15. The molecule has 0 heterocycles. The monoisotopic (exact) mass is 401 g/mol. The Labute approximate surface area is 134 Å². The van der Waals surface area contributed by atoms with Crippen LogP contribution in [0.15, 0.2) is 45.3 Å². The zero-order chi connectivity index (χ0) is 14.7. The van der Waals surface area contributed by atoms with Gasteiger partial charge in [-0.1, -0.05) is 28.1 Å². The Morgan fingerprint density at radius 1 is 1.15 bits per heavy atom. The van der Waals surface area contributed by atoms with Crippen molar-refractivity contribution in [1.29, 1.82) is 0 Å². The van der Waals surface area contributed by atoms with Crippen molar-refractivity contribution in [3.05, 3.63) is 62.3 Å². The molecule has 0 aromatic heterocycles. The summed E-state index contributed by atoms with van der Waals surface area (Å²) in [6.07, 6.45) is 0. The fourth-order valence-corrected chi connectivity index (χ4v) is 3.02. The highest BCUT2D eigenvalue weighted by atomic mass is 79.9. The van der Waals surface area contributed by atoms with Crippen LogP contribution in [-0.2, 0) is 0 Å². The lowest BCUT2D eigenvalue weighted by Gasteiger charge is -2.16. The molecule has 2 rings (SSSR count). The first-order chi connectivity index (χ1) is 9.52. The van der Waals surface area contributed by atoms with Gasteiger partial charge in [-0.05, 0) is 58.2 Å². The molecule has 0 aliphatic carbocycles. The minimum Gasteiger partial charge on any atom is -0.493 e. The molecule has 0 aliphatic rings. The van der Waals surface area contributed by atoms with Gasteiger partial charge in [0.25, 0.3) is 0 Å². The Kier molecular flexibility index (Phi) is 5.18. The summed E-state index contributed by atoms with van der Waals surface area (Å²) in [6.45, 7) is 2.54. The average molecular weight is 403 g/mol. The summed E-state index contributed by atoms with van der Waals surface area (Å²) in [7, 11) is 0. The van der Waals surface area contributed by atoms with E-state index in [2.05, 4.69) is 31.9 Å². The summed E-state index contributed by atoms with van der Waals surface area (Å²) in [4.78, 5) is 0. The molecule has 1 atom stereocenters. The Morgan fingerprint density at radius 3 is 2.50 bits per heavy atom. The van der Waals surface area contributed by atoms with Crippen LogP contribution >= 0.6 is 31.9 Å². The minimum absolute atomic E-state index is 0.291. The van der Waals surface area contributed by atoms with Gasteiger partial charge >= 0.3 is 0 Å². The number of hydrogen-bond acceptors (Lipinski definition) is 2. The van der Waals surface area contributed by atoms with Gasteiger partial charge < -0.3 is 10.5 Å². The van der Waals surface area contributed by atoms with Crippen molar-refractivity contribution >= 4 is 31.9 Å². The molecule has 0 saturated carbocycles. The van der Waals surface area contributed by atoms with Crippen LogP contribution in [0.1, 0.15) is 24.1 Å². The minimum atomic E-state index is -0.336. The molecule has 0 aliphatic heterocycles. The lowest BCUT2D eigenvalue weighted by molar-refractivity contribution is 0.338. The largest absolute Gasteiger partial charge is 0.493 e. The van der Waals surface area contributed by atoms with Crippen LogP contribution in [0.2, 0.25) is 0 Å². The first kappa shape index (κ1) is 15.5. The normalized spacial score (nSPS) is 12.2. The number of hydrogen-bond donors (Lipinski definition) is 1. The number of rotatable bonds is 4. The Morgan fingerprint density at radius 2 is 1.90 bits per heavy atom. The first-order valence-corrected chi connectivity index (χ1v) is 7.74. The summed E-state index contributed by atoms with van der Waals surface area (Å²) in [5.41, 5.74) is 8.01. The van der Waals surface area contributed by atoms with Gasteiger partial charge in [-0.15, -0.1) is 0 Å². The highest BCUT2D eigenvalue weighted by molar-refractivity contribution is 9.10. The highest BCUT2D eigenvalue weighted by Gasteiger charge is 2.14. The zero-order valence-electron chi connectivity index (χ0n) is 10.9. The van der Waals surface area contributed by atoms with E-state index in [0.717, 1.165) is 21.3 Å². The maximum absolute atomic E-state index is 13.1. The molecule has 0 amide bonds. The van der Waals surface area contributed by atoms with Crippen molar-refractivity contribution in [3.8, 4) is 5.75 Å². The van der Waals surface area contributed by atoms with Gasteiger partial charge in [-0.2, -0.15) is 0 Å². The number of nitrogens with two attached hydrogens (primary N) is 1. The quantitative estimate of drug-likeness (QED) is 0.797. The Bertz CT molecular complexity index is 619. The van der Waals surface area contributed by atoms with Crippen LogP contribution in [-0.4, -0.2) is 6.61 Å². The van der Waals surface area contributed by atoms with Crippen LogP contribution in [0.4, 0.5) is 4.39 Å². The van der Waals surface area contributed by atoms with Crippen molar-refractivity contribution in [2.24, 2.45) is 5.73 Å². The van der Waals surface area contributed by atoms with Crippen molar-refractivity contribution in [2.45, 2.75) is 13.0 Å². The summed E-state index contributed by atoms with van der Waals surface area (Å²) in [5, 5.41) is 0. The topological polar surface area (TPSA) is 35.2 Å². The molecular formula is C15H14Br2FNO. The van der Waals surface area contributed by atoms with Crippen molar-refractivity contribution in [1.82, 2.24) is 0 Å². The molecule has 2 N–H and O–H groups in total. The molecule has 2 aromatic rings. The second kappa shape index (κ2) is 6.70. The zero-order valence-corrected chi connectivity index (χ0v) is 14.0. The van der Waals surface area contributed by atoms with E-state index in [-0.39, 0.29) is 11.9 Å². The van der Waals surface area contributed by atoms with E-state index >= 15 is 0 Å². The number of benzene rings is 2. The van der Waals surface area contributed by atoms with E-state index in [0.29, 0.717) is 11.1 Å². The average Bonchev–Trinajstić information content (AvgIpc) is 2.40. The van der Waals surface area contributed by atoms with E-state index < -0.39 is 0 Å². The molecule has 5 heteroatoms. The molecule has 0 bridgehead atoms. The second-order valence-corrected chi connectivity index (χ2v) is 5.98. The van der Waals surface area contributed by atoms with E-state index in [1.807, 2.05) is 25.1 Å². The van der Waals surface area contributed by atoms with E-state index in [9.17, 15) is 4.39 Å². The standard InChI is InChI=1S/C15H14Br2FNO/c1-2-20-14-6-3-9(7-13(14)17)15(19)11-5-4-10(18)8-12(11)16/h3-8,15H,2,19H2,1H3. The summed E-state index contributed by atoms with van der Waals surface area (Å²) in [6, 6.07) is 9.88. The van der Waals surface area contributed by atoms with Gasteiger partial charge in [-0.25, -0.2) is 4.39 Å². The van der Waals surface area contributed by atoms with Gasteiger partial charge in [0.15, 0.2) is 0 Å². The molecular weight excluding hydrogens is 389 g/mol. The number of ether oxygens (including phenoxy) is 1. The SMILES string of the molecule is CCOc1ccc(C(N)c2ccc(F)cc2Br)cc1Br. The predicted octanol–water partition coefficient (Wildman–Crippen LogP) is 4.80. The molecule has 1 unspecified atom stereocenters. The molecule has 20 heavy (non-hydrogen) atoms. The van der Waals surface area contributed by atoms with Crippen LogP contribution in [0.5, 0.6) is 5.75 Å². The summed E-state index contributed by atoms with van der Waals surface area (Å²) >= 11 is 6.81. The second-order valence-electron chi connectivity index (χ2n) is 4.27. The van der Waals surface area contributed by atoms with Crippen LogP contribution in [0.25, 0.3) is 0 Å². The smallest absolute Gasteiger partial charge is 0.133 e.